The van der Waals surface area contributed by atoms with Crippen LogP contribution in [0.25, 0.3) is 0 Å². The summed E-state index contributed by atoms with van der Waals surface area (Å²) in [6, 6.07) is 3.81. The smallest absolute Gasteiger partial charge is 0.224 e. The van der Waals surface area contributed by atoms with Crippen LogP contribution in [0.15, 0.2) is 18.3 Å². The Kier molecular flexibility index (Phi) is 3.52. The van der Waals surface area contributed by atoms with Crippen molar-refractivity contribution in [1.82, 2.24) is 9.88 Å². The minimum absolute atomic E-state index is 0.0444. The van der Waals surface area contributed by atoms with E-state index in [1.807, 2.05) is 18.3 Å². The molecule has 0 aliphatic heterocycles. The lowest BCUT2D eigenvalue weighted by Crippen LogP contribution is -2.26. The minimum atomic E-state index is -0.0894. The first kappa shape index (κ1) is 9.80. The predicted molar refractivity (Wildman–Crippen MR) is 49.0 cm³/mol. The Bertz CT molecular complexity index is 257. The van der Waals surface area contributed by atoms with Gasteiger partial charge in [-0.3, -0.25) is 4.79 Å². The number of carbonyl (C=O) groups is 1. The van der Waals surface area contributed by atoms with Gasteiger partial charge in [0.1, 0.15) is 0 Å². The number of H-pyrrole nitrogens is 1. The van der Waals surface area contributed by atoms with Crippen LogP contribution in [0.2, 0.25) is 0 Å². The molecule has 1 aromatic heterocycles. The highest BCUT2D eigenvalue weighted by molar-refractivity contribution is 5.75. The molecule has 1 heterocycles. The standard InChI is InChI=1S/C9H14N2O2/c1-11(9(13)4-6-12)7-8-3-2-5-10-8/h2-3,5,10,12H,4,6-7H2,1H3. The average molecular weight is 182 g/mol. The van der Waals surface area contributed by atoms with Crippen LogP contribution in [0.3, 0.4) is 0 Å². The van der Waals surface area contributed by atoms with E-state index >= 15 is 0 Å². The van der Waals surface area contributed by atoms with Crippen molar-refractivity contribution in [2.45, 2.75) is 13.0 Å². The number of amides is 1. The van der Waals surface area contributed by atoms with Gasteiger partial charge in [0.25, 0.3) is 0 Å². The maximum Gasteiger partial charge on any atom is 0.224 e. The normalized spacial score (nSPS) is 10.0. The summed E-state index contributed by atoms with van der Waals surface area (Å²) in [6.45, 7) is 0.472. The third kappa shape index (κ3) is 2.91. The van der Waals surface area contributed by atoms with Gasteiger partial charge in [-0.25, -0.2) is 0 Å². The quantitative estimate of drug-likeness (QED) is 0.706. The van der Waals surface area contributed by atoms with Crippen LogP contribution in [-0.2, 0) is 11.3 Å². The molecule has 0 aliphatic carbocycles. The molecular weight excluding hydrogens is 168 g/mol. The monoisotopic (exact) mass is 182 g/mol. The van der Waals surface area contributed by atoms with Gasteiger partial charge >= 0.3 is 0 Å². The predicted octanol–water partition coefficient (Wildman–Crippen LogP) is 0.355. The highest BCUT2D eigenvalue weighted by Gasteiger charge is 2.07. The number of aromatic nitrogens is 1. The molecule has 1 rings (SSSR count). The van der Waals surface area contributed by atoms with Gasteiger partial charge in [0.15, 0.2) is 0 Å². The third-order valence-electron chi connectivity index (χ3n) is 1.82. The molecule has 0 atom stereocenters. The van der Waals surface area contributed by atoms with Crippen molar-refractivity contribution in [3.05, 3.63) is 24.0 Å². The molecule has 0 saturated heterocycles. The van der Waals surface area contributed by atoms with Crippen LogP contribution in [0.5, 0.6) is 0 Å². The Morgan fingerprint density at radius 2 is 2.46 bits per heavy atom. The summed E-state index contributed by atoms with van der Waals surface area (Å²) in [5.74, 6) is -0.0444. The van der Waals surface area contributed by atoms with Gasteiger partial charge in [-0.15, -0.1) is 0 Å². The zero-order valence-electron chi connectivity index (χ0n) is 7.66. The van der Waals surface area contributed by atoms with E-state index in [1.165, 1.54) is 0 Å². The summed E-state index contributed by atoms with van der Waals surface area (Å²) in [4.78, 5) is 15.8. The fraction of sp³-hybridized carbons (Fsp3) is 0.444. The van der Waals surface area contributed by atoms with Gasteiger partial charge in [0.2, 0.25) is 5.91 Å². The summed E-state index contributed by atoms with van der Waals surface area (Å²) >= 11 is 0. The van der Waals surface area contributed by atoms with E-state index in [9.17, 15) is 4.79 Å². The SMILES string of the molecule is CN(Cc1ccc[nH]1)C(=O)CCO. The van der Waals surface area contributed by atoms with Crippen LogP contribution < -0.4 is 0 Å². The van der Waals surface area contributed by atoms with Gasteiger partial charge in [0, 0.05) is 25.4 Å². The fourth-order valence-corrected chi connectivity index (χ4v) is 1.10. The molecule has 0 fully saturated rings. The summed E-state index contributed by atoms with van der Waals surface area (Å²) in [6.07, 6.45) is 2.01. The second-order valence-corrected chi connectivity index (χ2v) is 2.92. The second kappa shape index (κ2) is 4.67. The van der Waals surface area contributed by atoms with E-state index in [2.05, 4.69) is 4.98 Å². The number of nitrogens with one attached hydrogen (secondary N) is 1. The van der Waals surface area contributed by atoms with Gasteiger partial charge < -0.3 is 15.0 Å². The molecule has 4 heteroatoms. The summed E-state index contributed by atoms with van der Waals surface area (Å²) in [5, 5.41) is 8.56. The van der Waals surface area contributed by atoms with Gasteiger partial charge in [-0.05, 0) is 12.1 Å². The molecule has 0 bridgehead atoms. The highest BCUT2D eigenvalue weighted by atomic mass is 16.3. The number of hydrogen-bond acceptors (Lipinski definition) is 2. The molecule has 1 amide bonds. The average Bonchev–Trinajstić information content (AvgIpc) is 2.57. The van der Waals surface area contributed by atoms with Crippen molar-refractivity contribution in [1.29, 1.82) is 0 Å². The Hall–Kier alpha value is -1.29. The molecule has 13 heavy (non-hydrogen) atoms. The van der Waals surface area contributed by atoms with E-state index in [-0.39, 0.29) is 18.9 Å². The molecule has 0 saturated carbocycles. The van der Waals surface area contributed by atoms with Crippen molar-refractivity contribution in [2.24, 2.45) is 0 Å². The maximum atomic E-state index is 11.2. The Morgan fingerprint density at radius 1 is 1.69 bits per heavy atom. The van der Waals surface area contributed by atoms with Gasteiger partial charge in [-0.2, -0.15) is 0 Å². The zero-order chi connectivity index (χ0) is 9.68. The van der Waals surface area contributed by atoms with Crippen LogP contribution in [-0.4, -0.2) is 34.6 Å². The first-order valence-electron chi connectivity index (χ1n) is 4.21. The number of aromatic amines is 1. The van der Waals surface area contributed by atoms with E-state index < -0.39 is 0 Å². The Balaban J connectivity index is 2.41. The van der Waals surface area contributed by atoms with Crippen molar-refractivity contribution in [3.8, 4) is 0 Å². The topological polar surface area (TPSA) is 56.3 Å². The lowest BCUT2D eigenvalue weighted by atomic mass is 10.3. The summed E-state index contributed by atoms with van der Waals surface area (Å²) < 4.78 is 0. The Labute approximate surface area is 77.2 Å². The van der Waals surface area contributed by atoms with Gasteiger partial charge in [-0.1, -0.05) is 0 Å². The van der Waals surface area contributed by atoms with E-state index in [1.54, 1.807) is 11.9 Å². The molecular formula is C9H14N2O2. The molecule has 0 aromatic carbocycles. The largest absolute Gasteiger partial charge is 0.396 e. The van der Waals surface area contributed by atoms with Gasteiger partial charge in [0.05, 0.1) is 13.2 Å². The second-order valence-electron chi connectivity index (χ2n) is 2.92. The first-order valence-corrected chi connectivity index (χ1v) is 4.21. The van der Waals surface area contributed by atoms with Crippen LogP contribution >= 0.6 is 0 Å². The lowest BCUT2D eigenvalue weighted by molar-refractivity contribution is -0.131. The highest BCUT2D eigenvalue weighted by Crippen LogP contribution is 2.00. The molecule has 0 unspecified atom stereocenters. The number of nitrogens with zero attached hydrogens (tertiary/aromatic N) is 1. The fourth-order valence-electron chi connectivity index (χ4n) is 1.10. The Morgan fingerprint density at radius 3 is 3.00 bits per heavy atom. The number of hydrogen-bond donors (Lipinski definition) is 2. The number of aliphatic hydroxyl groups excluding tert-OH is 1. The molecule has 0 spiro atoms. The minimum Gasteiger partial charge on any atom is -0.396 e. The summed E-state index contributed by atoms with van der Waals surface area (Å²) in [5.41, 5.74) is 0.994. The van der Waals surface area contributed by atoms with Crippen molar-refractivity contribution >= 4 is 5.91 Å². The van der Waals surface area contributed by atoms with E-state index in [0.29, 0.717) is 6.54 Å². The third-order valence-corrected chi connectivity index (χ3v) is 1.82. The van der Waals surface area contributed by atoms with Crippen molar-refractivity contribution in [3.63, 3.8) is 0 Å². The molecule has 2 N–H and O–H groups in total. The van der Waals surface area contributed by atoms with Crippen molar-refractivity contribution < 1.29 is 9.90 Å². The van der Waals surface area contributed by atoms with Crippen LogP contribution in [0.4, 0.5) is 0 Å². The van der Waals surface area contributed by atoms with E-state index in [0.717, 1.165) is 5.69 Å². The zero-order valence-corrected chi connectivity index (χ0v) is 7.66. The number of carbonyl (C=O) groups excluding carboxylic acids is 1. The van der Waals surface area contributed by atoms with Crippen LogP contribution in [0.1, 0.15) is 12.1 Å². The molecule has 0 aliphatic rings. The number of rotatable bonds is 4. The molecule has 72 valence electrons. The molecule has 4 nitrogen and oxygen atoms in total. The number of aliphatic hydroxyl groups is 1. The summed E-state index contributed by atoms with van der Waals surface area (Å²) in [7, 11) is 1.72. The van der Waals surface area contributed by atoms with E-state index in [4.69, 9.17) is 5.11 Å². The molecule has 0 radical (unpaired) electrons. The molecule has 1 aromatic rings. The van der Waals surface area contributed by atoms with Crippen LogP contribution in [0, 0.1) is 0 Å². The van der Waals surface area contributed by atoms with Crippen molar-refractivity contribution in [2.75, 3.05) is 13.7 Å². The first-order chi connectivity index (χ1) is 6.24. The maximum absolute atomic E-state index is 11.2. The lowest BCUT2D eigenvalue weighted by Gasteiger charge is -2.15.